The molecule has 3 rings (SSSR count). The lowest BCUT2D eigenvalue weighted by atomic mass is 10.1. The number of aliphatic imine (C=N–C) groups is 1. The topological polar surface area (TPSA) is 50.4 Å². The van der Waals surface area contributed by atoms with Gasteiger partial charge >= 0.3 is 0 Å². The smallest absolute Gasteiger partial charge is 0.193 e. The van der Waals surface area contributed by atoms with Gasteiger partial charge in [-0.1, -0.05) is 31.0 Å². The number of hydrogen-bond acceptors (Lipinski definition) is 1. The zero-order chi connectivity index (χ0) is 11.7. The lowest BCUT2D eigenvalue weighted by Gasteiger charge is -2.07. The molecule has 0 heterocycles. The van der Waals surface area contributed by atoms with Gasteiger partial charge in [-0.15, -0.1) is 0 Å². The summed E-state index contributed by atoms with van der Waals surface area (Å²) in [5.74, 6) is 0.560. The Bertz CT molecular complexity index is 418. The second kappa shape index (κ2) is 4.06. The van der Waals surface area contributed by atoms with Crippen LogP contribution >= 0.6 is 0 Å². The number of nitrogens with two attached hydrogens (primary N) is 1. The van der Waals surface area contributed by atoms with Crippen molar-refractivity contribution in [3.05, 3.63) is 30.3 Å². The Morgan fingerprint density at radius 1 is 1.24 bits per heavy atom. The second-order valence-corrected chi connectivity index (χ2v) is 5.29. The number of nitrogens with zero attached hydrogens (tertiary/aromatic N) is 1. The fourth-order valence-electron chi connectivity index (χ4n) is 2.99. The third-order valence-corrected chi connectivity index (χ3v) is 4.09. The average molecular weight is 229 g/mol. The van der Waals surface area contributed by atoms with Crippen molar-refractivity contribution in [3.8, 4) is 0 Å². The number of guanidine groups is 1. The minimum Gasteiger partial charge on any atom is -0.370 e. The monoisotopic (exact) mass is 229 g/mol. The number of benzene rings is 1. The first-order valence-corrected chi connectivity index (χ1v) is 6.44. The van der Waals surface area contributed by atoms with Gasteiger partial charge in [0.25, 0.3) is 0 Å². The number of hydrogen-bond donors (Lipinski definition) is 2. The second-order valence-electron chi connectivity index (χ2n) is 5.29. The standard InChI is InChI=1S/C14H19N3/c15-13(16-11-6-2-1-3-7-11)17-12-10-14(12)8-4-5-9-14/h1-3,6-7,12H,4-5,8-10H2,(H3,15,16,17). The Labute approximate surface area is 102 Å². The zero-order valence-electron chi connectivity index (χ0n) is 10.0. The molecule has 3 nitrogen and oxygen atoms in total. The van der Waals surface area contributed by atoms with Crippen molar-refractivity contribution in [2.45, 2.75) is 38.1 Å². The molecule has 1 aromatic rings. The molecule has 2 aliphatic carbocycles. The van der Waals surface area contributed by atoms with Crippen molar-refractivity contribution in [2.24, 2.45) is 16.1 Å². The van der Waals surface area contributed by atoms with Crippen LogP contribution in [0.4, 0.5) is 5.69 Å². The van der Waals surface area contributed by atoms with Crippen molar-refractivity contribution >= 4 is 11.6 Å². The van der Waals surface area contributed by atoms with Gasteiger partial charge in [0.2, 0.25) is 0 Å². The molecule has 2 aliphatic rings. The number of para-hydroxylation sites is 1. The first kappa shape index (κ1) is 10.6. The summed E-state index contributed by atoms with van der Waals surface area (Å²) in [4.78, 5) is 4.60. The minimum absolute atomic E-state index is 0.473. The van der Waals surface area contributed by atoms with E-state index in [1.165, 1.54) is 32.1 Å². The van der Waals surface area contributed by atoms with Gasteiger partial charge in [-0.05, 0) is 36.8 Å². The minimum atomic E-state index is 0.473. The van der Waals surface area contributed by atoms with Gasteiger partial charge in [0.15, 0.2) is 5.96 Å². The van der Waals surface area contributed by atoms with E-state index in [4.69, 9.17) is 5.73 Å². The fraction of sp³-hybridized carbons (Fsp3) is 0.500. The van der Waals surface area contributed by atoms with Crippen LogP contribution in [-0.2, 0) is 0 Å². The van der Waals surface area contributed by atoms with E-state index in [0.717, 1.165) is 5.69 Å². The van der Waals surface area contributed by atoms with Crippen LogP contribution in [-0.4, -0.2) is 12.0 Å². The Morgan fingerprint density at radius 2 is 1.94 bits per heavy atom. The summed E-state index contributed by atoms with van der Waals surface area (Å²) in [6.45, 7) is 0. The number of rotatable bonds is 2. The van der Waals surface area contributed by atoms with E-state index in [2.05, 4.69) is 10.3 Å². The molecule has 0 aliphatic heterocycles. The highest BCUT2D eigenvalue weighted by atomic mass is 15.1. The van der Waals surface area contributed by atoms with Crippen molar-refractivity contribution in [1.29, 1.82) is 0 Å². The molecule has 0 saturated heterocycles. The maximum absolute atomic E-state index is 5.94. The molecular weight excluding hydrogens is 210 g/mol. The highest BCUT2D eigenvalue weighted by Gasteiger charge is 2.55. The summed E-state index contributed by atoms with van der Waals surface area (Å²) < 4.78 is 0. The SMILES string of the molecule is NC(=NC1CC12CCCC2)Nc1ccccc1. The summed E-state index contributed by atoms with van der Waals surface area (Å²) in [5, 5.41) is 3.15. The third kappa shape index (κ3) is 2.14. The number of nitrogens with one attached hydrogen (secondary N) is 1. The molecule has 2 saturated carbocycles. The molecule has 0 amide bonds. The van der Waals surface area contributed by atoms with Gasteiger partial charge in [-0.25, -0.2) is 4.99 Å². The molecule has 90 valence electrons. The van der Waals surface area contributed by atoms with E-state index in [1.807, 2.05) is 30.3 Å². The molecule has 1 atom stereocenters. The molecule has 1 unspecified atom stereocenters. The van der Waals surface area contributed by atoms with Gasteiger partial charge < -0.3 is 11.1 Å². The van der Waals surface area contributed by atoms with Crippen molar-refractivity contribution < 1.29 is 0 Å². The van der Waals surface area contributed by atoms with Crippen LogP contribution in [0.2, 0.25) is 0 Å². The zero-order valence-corrected chi connectivity index (χ0v) is 10.0. The number of anilines is 1. The molecule has 0 radical (unpaired) electrons. The Morgan fingerprint density at radius 3 is 2.65 bits per heavy atom. The molecule has 0 aromatic heterocycles. The molecule has 3 N–H and O–H groups in total. The van der Waals surface area contributed by atoms with Crippen LogP contribution in [0.15, 0.2) is 35.3 Å². The molecule has 3 heteroatoms. The first-order chi connectivity index (χ1) is 8.28. The third-order valence-electron chi connectivity index (χ3n) is 4.09. The van der Waals surface area contributed by atoms with E-state index in [0.29, 0.717) is 17.4 Å². The van der Waals surface area contributed by atoms with Gasteiger partial charge in [-0.3, -0.25) is 0 Å². The van der Waals surface area contributed by atoms with Gasteiger partial charge in [0.1, 0.15) is 0 Å². The highest BCUT2D eigenvalue weighted by Crippen LogP contribution is 2.59. The van der Waals surface area contributed by atoms with E-state index in [1.54, 1.807) is 0 Å². The highest BCUT2D eigenvalue weighted by molar-refractivity contribution is 5.92. The largest absolute Gasteiger partial charge is 0.370 e. The van der Waals surface area contributed by atoms with E-state index >= 15 is 0 Å². The van der Waals surface area contributed by atoms with Crippen LogP contribution in [0.3, 0.4) is 0 Å². The summed E-state index contributed by atoms with van der Waals surface area (Å²) in [7, 11) is 0. The maximum atomic E-state index is 5.94. The molecule has 17 heavy (non-hydrogen) atoms. The molecule has 1 aromatic carbocycles. The lowest BCUT2D eigenvalue weighted by molar-refractivity contribution is 0.511. The predicted octanol–water partition coefficient (Wildman–Crippen LogP) is 2.75. The average Bonchev–Trinajstić information content (AvgIpc) is 2.76. The summed E-state index contributed by atoms with van der Waals surface area (Å²) in [5.41, 5.74) is 7.48. The van der Waals surface area contributed by atoms with E-state index in [-0.39, 0.29) is 0 Å². The Kier molecular flexibility index (Phi) is 2.54. The van der Waals surface area contributed by atoms with Gasteiger partial charge in [0.05, 0.1) is 6.04 Å². The van der Waals surface area contributed by atoms with Crippen LogP contribution < -0.4 is 11.1 Å². The van der Waals surface area contributed by atoms with Crippen molar-refractivity contribution in [2.75, 3.05) is 5.32 Å². The predicted molar refractivity (Wildman–Crippen MR) is 71.0 cm³/mol. The summed E-state index contributed by atoms with van der Waals surface area (Å²) in [6, 6.07) is 10.5. The quantitative estimate of drug-likeness (QED) is 0.605. The lowest BCUT2D eigenvalue weighted by Crippen LogP contribution is -2.23. The Balaban J connectivity index is 1.62. The van der Waals surface area contributed by atoms with Crippen LogP contribution in [0.5, 0.6) is 0 Å². The van der Waals surface area contributed by atoms with Gasteiger partial charge in [0, 0.05) is 5.69 Å². The fourth-order valence-corrected chi connectivity index (χ4v) is 2.99. The van der Waals surface area contributed by atoms with E-state index < -0.39 is 0 Å². The normalized spacial score (nSPS) is 26.1. The summed E-state index contributed by atoms with van der Waals surface area (Å²) >= 11 is 0. The Hall–Kier alpha value is -1.51. The maximum Gasteiger partial charge on any atom is 0.193 e. The van der Waals surface area contributed by atoms with Crippen molar-refractivity contribution in [3.63, 3.8) is 0 Å². The van der Waals surface area contributed by atoms with Crippen LogP contribution in [0.25, 0.3) is 0 Å². The first-order valence-electron chi connectivity index (χ1n) is 6.44. The van der Waals surface area contributed by atoms with Gasteiger partial charge in [-0.2, -0.15) is 0 Å². The van der Waals surface area contributed by atoms with E-state index in [9.17, 15) is 0 Å². The van der Waals surface area contributed by atoms with Crippen LogP contribution in [0.1, 0.15) is 32.1 Å². The molecule has 1 spiro atoms. The van der Waals surface area contributed by atoms with Crippen LogP contribution in [0, 0.1) is 5.41 Å². The molecule has 0 bridgehead atoms. The molecule has 2 fully saturated rings. The summed E-state index contributed by atoms with van der Waals surface area (Å²) in [6.07, 6.45) is 6.68. The molecular formula is C14H19N3. The van der Waals surface area contributed by atoms with Crippen molar-refractivity contribution in [1.82, 2.24) is 0 Å².